The number of carbonyl (C=O) groups excluding carboxylic acids is 1. The lowest BCUT2D eigenvalue weighted by atomic mass is 10.2. The van der Waals surface area contributed by atoms with Gasteiger partial charge in [-0.25, -0.2) is 0 Å². The SMILES string of the molecule is CCOc1ccc(/C=C2\SC(=S)N(Cc3ccc(OC)cc3)C2=O)cc1. The third-order valence-electron chi connectivity index (χ3n) is 3.86. The Morgan fingerprint density at radius 1 is 1.08 bits per heavy atom. The van der Waals surface area contributed by atoms with E-state index in [1.807, 2.05) is 61.5 Å². The van der Waals surface area contributed by atoms with Gasteiger partial charge in [0.05, 0.1) is 25.2 Å². The second kappa shape index (κ2) is 8.38. The van der Waals surface area contributed by atoms with Crippen LogP contribution in [-0.4, -0.2) is 28.8 Å². The molecule has 1 aliphatic heterocycles. The lowest BCUT2D eigenvalue weighted by molar-refractivity contribution is -0.122. The van der Waals surface area contributed by atoms with Crippen molar-refractivity contribution < 1.29 is 14.3 Å². The zero-order valence-electron chi connectivity index (χ0n) is 14.6. The molecule has 2 aromatic carbocycles. The van der Waals surface area contributed by atoms with Crippen molar-refractivity contribution in [3.63, 3.8) is 0 Å². The molecule has 1 fully saturated rings. The average Bonchev–Trinajstić information content (AvgIpc) is 2.91. The Bertz CT molecular complexity index is 829. The van der Waals surface area contributed by atoms with Gasteiger partial charge >= 0.3 is 0 Å². The second-order valence-electron chi connectivity index (χ2n) is 5.62. The molecule has 3 rings (SSSR count). The fourth-order valence-electron chi connectivity index (χ4n) is 2.53. The summed E-state index contributed by atoms with van der Waals surface area (Å²) in [5.41, 5.74) is 1.95. The Kier molecular flexibility index (Phi) is 5.96. The highest BCUT2D eigenvalue weighted by atomic mass is 32.2. The summed E-state index contributed by atoms with van der Waals surface area (Å²) in [4.78, 5) is 15.0. The number of ether oxygens (including phenoxy) is 2. The van der Waals surface area contributed by atoms with Gasteiger partial charge in [-0.3, -0.25) is 9.69 Å². The van der Waals surface area contributed by atoms with Crippen molar-refractivity contribution in [3.8, 4) is 11.5 Å². The van der Waals surface area contributed by atoms with Crippen molar-refractivity contribution in [2.75, 3.05) is 13.7 Å². The number of nitrogens with zero attached hydrogens (tertiary/aromatic N) is 1. The summed E-state index contributed by atoms with van der Waals surface area (Å²) >= 11 is 6.73. The Morgan fingerprint density at radius 2 is 1.73 bits per heavy atom. The Hall–Kier alpha value is -2.31. The van der Waals surface area contributed by atoms with Crippen molar-refractivity contribution in [3.05, 3.63) is 64.6 Å². The number of rotatable bonds is 6. The van der Waals surface area contributed by atoms with Crippen LogP contribution in [0, 0.1) is 0 Å². The van der Waals surface area contributed by atoms with E-state index in [2.05, 4.69) is 0 Å². The van der Waals surface area contributed by atoms with Gasteiger partial charge in [0.25, 0.3) is 5.91 Å². The third-order valence-corrected chi connectivity index (χ3v) is 5.24. The van der Waals surface area contributed by atoms with E-state index in [9.17, 15) is 4.79 Å². The number of thioether (sulfide) groups is 1. The van der Waals surface area contributed by atoms with Crippen LogP contribution in [0.4, 0.5) is 0 Å². The maximum Gasteiger partial charge on any atom is 0.266 e. The molecule has 0 spiro atoms. The molecule has 0 radical (unpaired) electrons. The fourth-order valence-corrected chi connectivity index (χ4v) is 3.78. The molecule has 1 aliphatic rings. The van der Waals surface area contributed by atoms with Gasteiger partial charge in [0.1, 0.15) is 15.8 Å². The molecule has 0 N–H and O–H groups in total. The smallest absolute Gasteiger partial charge is 0.266 e. The highest BCUT2D eigenvalue weighted by Crippen LogP contribution is 2.34. The predicted octanol–water partition coefficient (Wildman–Crippen LogP) is 4.50. The Labute approximate surface area is 162 Å². The van der Waals surface area contributed by atoms with Gasteiger partial charge in [-0.15, -0.1) is 0 Å². The van der Waals surface area contributed by atoms with E-state index < -0.39 is 0 Å². The molecule has 4 nitrogen and oxygen atoms in total. The summed E-state index contributed by atoms with van der Waals surface area (Å²) < 4.78 is 11.2. The maximum atomic E-state index is 12.7. The van der Waals surface area contributed by atoms with Crippen LogP contribution in [0.5, 0.6) is 11.5 Å². The minimum Gasteiger partial charge on any atom is -0.497 e. The summed E-state index contributed by atoms with van der Waals surface area (Å²) in [5, 5.41) is 0. The first kappa shape index (κ1) is 18.5. The van der Waals surface area contributed by atoms with Crippen LogP contribution in [0.3, 0.4) is 0 Å². The minimum absolute atomic E-state index is 0.0651. The van der Waals surface area contributed by atoms with Crippen LogP contribution in [0.1, 0.15) is 18.1 Å². The first-order valence-corrected chi connectivity index (χ1v) is 9.44. The lowest BCUT2D eigenvalue weighted by Crippen LogP contribution is -2.27. The second-order valence-corrected chi connectivity index (χ2v) is 7.29. The lowest BCUT2D eigenvalue weighted by Gasteiger charge is -2.14. The zero-order valence-corrected chi connectivity index (χ0v) is 16.2. The van der Waals surface area contributed by atoms with Crippen LogP contribution in [0.15, 0.2) is 53.4 Å². The largest absolute Gasteiger partial charge is 0.497 e. The number of amides is 1. The average molecular weight is 386 g/mol. The summed E-state index contributed by atoms with van der Waals surface area (Å²) in [5.74, 6) is 1.54. The summed E-state index contributed by atoms with van der Waals surface area (Å²) in [6.07, 6.45) is 1.86. The van der Waals surface area contributed by atoms with E-state index in [0.717, 1.165) is 22.6 Å². The maximum absolute atomic E-state index is 12.7. The fraction of sp³-hybridized carbons (Fsp3) is 0.200. The Balaban J connectivity index is 1.73. The summed E-state index contributed by atoms with van der Waals surface area (Å²) in [6.45, 7) is 3.03. The number of methoxy groups -OCH3 is 1. The molecule has 2 aromatic rings. The molecule has 0 bridgehead atoms. The van der Waals surface area contributed by atoms with Crippen molar-refractivity contribution >= 4 is 40.3 Å². The molecule has 1 amide bonds. The molecule has 1 saturated heterocycles. The van der Waals surface area contributed by atoms with Crippen LogP contribution in [-0.2, 0) is 11.3 Å². The summed E-state index contributed by atoms with van der Waals surface area (Å²) in [6, 6.07) is 15.3. The summed E-state index contributed by atoms with van der Waals surface area (Å²) in [7, 11) is 1.63. The van der Waals surface area contributed by atoms with E-state index in [1.165, 1.54) is 11.8 Å². The molecular formula is C20H19NO3S2. The number of hydrogen-bond acceptors (Lipinski definition) is 5. The number of hydrogen-bond donors (Lipinski definition) is 0. The van der Waals surface area contributed by atoms with Crippen LogP contribution < -0.4 is 9.47 Å². The zero-order chi connectivity index (χ0) is 18.5. The van der Waals surface area contributed by atoms with Crippen molar-refractivity contribution in [1.82, 2.24) is 4.90 Å². The molecule has 0 atom stereocenters. The molecule has 0 aliphatic carbocycles. The van der Waals surface area contributed by atoms with Crippen LogP contribution >= 0.6 is 24.0 Å². The van der Waals surface area contributed by atoms with E-state index in [1.54, 1.807) is 12.0 Å². The molecule has 0 saturated carbocycles. The van der Waals surface area contributed by atoms with Gasteiger partial charge in [0.2, 0.25) is 0 Å². The molecule has 134 valence electrons. The first-order chi connectivity index (χ1) is 12.6. The van der Waals surface area contributed by atoms with Crippen molar-refractivity contribution in [1.29, 1.82) is 0 Å². The topological polar surface area (TPSA) is 38.8 Å². The predicted molar refractivity (Wildman–Crippen MR) is 109 cm³/mol. The molecule has 26 heavy (non-hydrogen) atoms. The van der Waals surface area contributed by atoms with Crippen molar-refractivity contribution in [2.45, 2.75) is 13.5 Å². The van der Waals surface area contributed by atoms with Gasteiger partial charge in [-0.1, -0.05) is 48.2 Å². The van der Waals surface area contributed by atoms with E-state index >= 15 is 0 Å². The highest BCUT2D eigenvalue weighted by molar-refractivity contribution is 8.26. The van der Waals surface area contributed by atoms with E-state index in [-0.39, 0.29) is 5.91 Å². The van der Waals surface area contributed by atoms with Gasteiger partial charge in [-0.05, 0) is 48.4 Å². The van der Waals surface area contributed by atoms with Gasteiger partial charge in [-0.2, -0.15) is 0 Å². The first-order valence-electron chi connectivity index (χ1n) is 8.22. The normalized spacial score (nSPS) is 15.6. The minimum atomic E-state index is -0.0651. The molecular weight excluding hydrogens is 366 g/mol. The van der Waals surface area contributed by atoms with Crippen LogP contribution in [0.25, 0.3) is 6.08 Å². The van der Waals surface area contributed by atoms with Crippen LogP contribution in [0.2, 0.25) is 0 Å². The number of benzene rings is 2. The standard InChI is InChI=1S/C20H19NO3S2/c1-3-24-17-10-4-14(5-11-17)12-18-19(22)21(20(25)26-18)13-15-6-8-16(23-2)9-7-15/h4-12H,3,13H2,1-2H3/b18-12-. The van der Waals surface area contributed by atoms with E-state index in [0.29, 0.717) is 22.4 Å². The van der Waals surface area contributed by atoms with Gasteiger partial charge in [0, 0.05) is 0 Å². The number of thiocarbonyl (C=S) groups is 1. The quantitative estimate of drug-likeness (QED) is 0.541. The Morgan fingerprint density at radius 3 is 2.35 bits per heavy atom. The molecule has 6 heteroatoms. The van der Waals surface area contributed by atoms with Crippen molar-refractivity contribution in [2.24, 2.45) is 0 Å². The molecule has 1 heterocycles. The van der Waals surface area contributed by atoms with E-state index in [4.69, 9.17) is 21.7 Å². The number of carbonyl (C=O) groups is 1. The molecule has 0 aromatic heterocycles. The van der Waals surface area contributed by atoms with Gasteiger partial charge in [0.15, 0.2) is 0 Å². The highest BCUT2D eigenvalue weighted by Gasteiger charge is 2.31. The molecule has 0 unspecified atom stereocenters. The third kappa shape index (κ3) is 4.26. The van der Waals surface area contributed by atoms with Gasteiger partial charge < -0.3 is 9.47 Å². The monoisotopic (exact) mass is 385 g/mol.